The van der Waals surface area contributed by atoms with Crippen LogP contribution in [-0.4, -0.2) is 41.8 Å². The highest BCUT2D eigenvalue weighted by molar-refractivity contribution is 5.86. The Hall–Kier alpha value is -0.900. The average molecular weight is 282 g/mol. The molecule has 1 fully saturated rings. The number of carbonyl (C=O) groups is 2. The third-order valence-electron chi connectivity index (χ3n) is 3.87. The van der Waals surface area contributed by atoms with Gasteiger partial charge in [-0.05, 0) is 18.8 Å². The van der Waals surface area contributed by atoms with Crippen molar-refractivity contribution in [3.63, 3.8) is 0 Å². The summed E-state index contributed by atoms with van der Waals surface area (Å²) in [6.07, 6.45) is 2.18. The summed E-state index contributed by atoms with van der Waals surface area (Å²) in [5.41, 5.74) is 0. The smallest absolute Gasteiger partial charge is 0.222 e. The van der Waals surface area contributed by atoms with Crippen molar-refractivity contribution < 1.29 is 9.59 Å². The lowest BCUT2D eigenvalue weighted by Gasteiger charge is -2.23. The van der Waals surface area contributed by atoms with E-state index in [0.29, 0.717) is 18.8 Å². The molecule has 20 heavy (non-hydrogen) atoms. The van der Waals surface area contributed by atoms with Gasteiger partial charge in [0.05, 0.1) is 6.04 Å². The predicted octanol–water partition coefficient (Wildman–Crippen LogP) is 2.23. The highest BCUT2D eigenvalue weighted by Gasteiger charge is 2.26. The standard InChI is InChI=1S/C16H30N2O2/c1-11(2)16(20)14(17-12(3)4)6-7-15(19)18-9-8-13(5)10-18/h11-14,17H,6-10H2,1-5H3/t13?,14-/m0/s1. The van der Waals surface area contributed by atoms with E-state index in [2.05, 4.69) is 12.2 Å². The van der Waals surface area contributed by atoms with Gasteiger partial charge >= 0.3 is 0 Å². The van der Waals surface area contributed by atoms with Crippen molar-refractivity contribution in [1.29, 1.82) is 0 Å². The number of rotatable bonds is 7. The van der Waals surface area contributed by atoms with Crippen LogP contribution in [0.2, 0.25) is 0 Å². The quantitative estimate of drug-likeness (QED) is 0.779. The van der Waals surface area contributed by atoms with Crippen molar-refractivity contribution in [2.24, 2.45) is 11.8 Å². The van der Waals surface area contributed by atoms with Gasteiger partial charge in [-0.15, -0.1) is 0 Å². The second-order valence-electron chi connectivity index (χ2n) is 6.70. The topological polar surface area (TPSA) is 49.4 Å². The molecule has 0 radical (unpaired) electrons. The van der Waals surface area contributed by atoms with Gasteiger partial charge in [0.1, 0.15) is 0 Å². The van der Waals surface area contributed by atoms with Gasteiger partial charge in [0.25, 0.3) is 0 Å². The van der Waals surface area contributed by atoms with E-state index in [0.717, 1.165) is 19.5 Å². The predicted molar refractivity (Wildman–Crippen MR) is 81.5 cm³/mol. The highest BCUT2D eigenvalue weighted by atomic mass is 16.2. The van der Waals surface area contributed by atoms with Crippen molar-refractivity contribution in [3.8, 4) is 0 Å². The molecule has 1 saturated heterocycles. The summed E-state index contributed by atoms with van der Waals surface area (Å²) in [7, 11) is 0. The van der Waals surface area contributed by atoms with Crippen LogP contribution in [0.25, 0.3) is 0 Å². The van der Waals surface area contributed by atoms with Gasteiger partial charge in [-0.1, -0.05) is 34.6 Å². The normalized spacial score (nSPS) is 20.8. The molecule has 0 saturated carbocycles. The van der Waals surface area contributed by atoms with E-state index >= 15 is 0 Å². The van der Waals surface area contributed by atoms with Crippen LogP contribution in [-0.2, 0) is 9.59 Å². The molecule has 1 aliphatic heterocycles. The van der Waals surface area contributed by atoms with E-state index in [4.69, 9.17) is 0 Å². The van der Waals surface area contributed by atoms with Crippen LogP contribution in [0.3, 0.4) is 0 Å². The Bertz CT molecular complexity index is 339. The number of likely N-dealkylation sites (tertiary alicyclic amines) is 1. The molecule has 2 atom stereocenters. The van der Waals surface area contributed by atoms with E-state index in [1.54, 1.807) is 0 Å². The zero-order valence-electron chi connectivity index (χ0n) is 13.6. The summed E-state index contributed by atoms with van der Waals surface area (Å²) < 4.78 is 0. The fourth-order valence-corrected chi connectivity index (χ4v) is 2.70. The van der Waals surface area contributed by atoms with Crippen LogP contribution in [0.1, 0.15) is 53.9 Å². The summed E-state index contributed by atoms with van der Waals surface area (Å²) in [5.74, 6) is 1.02. The third kappa shape index (κ3) is 5.23. The monoisotopic (exact) mass is 282 g/mol. The summed E-state index contributed by atoms with van der Waals surface area (Å²) in [6, 6.07) is 0.0589. The number of amides is 1. The van der Waals surface area contributed by atoms with Gasteiger partial charge in [-0.2, -0.15) is 0 Å². The third-order valence-corrected chi connectivity index (χ3v) is 3.87. The maximum atomic E-state index is 12.2. The van der Waals surface area contributed by atoms with E-state index in [9.17, 15) is 9.59 Å². The minimum absolute atomic E-state index is 0.00756. The molecule has 4 heteroatoms. The second kappa shape index (κ2) is 7.77. The average Bonchev–Trinajstić information content (AvgIpc) is 2.79. The summed E-state index contributed by atoms with van der Waals surface area (Å²) in [5, 5.41) is 3.30. The highest BCUT2D eigenvalue weighted by Crippen LogP contribution is 2.17. The van der Waals surface area contributed by atoms with Crippen LogP contribution < -0.4 is 5.32 Å². The Morgan fingerprint density at radius 1 is 1.25 bits per heavy atom. The van der Waals surface area contributed by atoms with Gasteiger partial charge in [-0.25, -0.2) is 0 Å². The van der Waals surface area contributed by atoms with Crippen molar-refractivity contribution in [3.05, 3.63) is 0 Å². The molecule has 0 aromatic heterocycles. The van der Waals surface area contributed by atoms with Gasteiger partial charge in [0.2, 0.25) is 5.91 Å². The first-order valence-electron chi connectivity index (χ1n) is 7.88. The van der Waals surface area contributed by atoms with Gasteiger partial charge in [0, 0.05) is 31.5 Å². The van der Waals surface area contributed by atoms with Crippen LogP contribution in [0, 0.1) is 11.8 Å². The fourth-order valence-electron chi connectivity index (χ4n) is 2.70. The number of nitrogens with zero attached hydrogens (tertiary/aromatic N) is 1. The molecular formula is C16H30N2O2. The van der Waals surface area contributed by atoms with Gasteiger partial charge < -0.3 is 10.2 Å². The van der Waals surface area contributed by atoms with E-state index in [1.165, 1.54) is 0 Å². The van der Waals surface area contributed by atoms with Crippen LogP contribution in [0.15, 0.2) is 0 Å². The molecule has 1 rings (SSSR count). The Morgan fingerprint density at radius 3 is 2.35 bits per heavy atom. The van der Waals surface area contributed by atoms with Crippen molar-refractivity contribution in [2.75, 3.05) is 13.1 Å². The minimum Gasteiger partial charge on any atom is -0.342 e. The van der Waals surface area contributed by atoms with E-state index < -0.39 is 0 Å². The summed E-state index contributed by atoms with van der Waals surface area (Å²) in [6.45, 7) is 11.8. The number of carbonyl (C=O) groups excluding carboxylic acids is 2. The first-order chi connectivity index (χ1) is 9.31. The first kappa shape index (κ1) is 17.2. The number of nitrogens with one attached hydrogen (secondary N) is 1. The molecular weight excluding hydrogens is 252 g/mol. The van der Waals surface area contributed by atoms with Crippen molar-refractivity contribution in [1.82, 2.24) is 10.2 Å². The number of Topliss-reactive ketones (excluding diaryl/α,β-unsaturated/α-hetero) is 1. The molecule has 0 spiro atoms. The van der Waals surface area contributed by atoms with Gasteiger partial charge in [-0.3, -0.25) is 9.59 Å². The van der Waals surface area contributed by atoms with Crippen molar-refractivity contribution in [2.45, 2.75) is 66.0 Å². The number of hydrogen-bond acceptors (Lipinski definition) is 3. The number of hydrogen-bond donors (Lipinski definition) is 1. The summed E-state index contributed by atoms with van der Waals surface area (Å²) in [4.78, 5) is 26.3. The molecule has 1 N–H and O–H groups in total. The molecule has 1 heterocycles. The molecule has 0 aromatic rings. The Labute approximate surface area is 123 Å². The second-order valence-corrected chi connectivity index (χ2v) is 6.70. The molecule has 116 valence electrons. The minimum atomic E-state index is -0.195. The lowest BCUT2D eigenvalue weighted by Crippen LogP contribution is -2.43. The lowest BCUT2D eigenvalue weighted by atomic mass is 9.97. The van der Waals surface area contributed by atoms with Crippen LogP contribution in [0.4, 0.5) is 0 Å². The zero-order chi connectivity index (χ0) is 15.3. The van der Waals surface area contributed by atoms with Gasteiger partial charge in [0.15, 0.2) is 5.78 Å². The van der Waals surface area contributed by atoms with Crippen LogP contribution >= 0.6 is 0 Å². The fraction of sp³-hybridized carbons (Fsp3) is 0.875. The Morgan fingerprint density at radius 2 is 1.90 bits per heavy atom. The maximum Gasteiger partial charge on any atom is 0.222 e. The Balaban J connectivity index is 2.49. The first-order valence-corrected chi connectivity index (χ1v) is 7.88. The molecule has 1 amide bonds. The van der Waals surface area contributed by atoms with E-state index in [1.807, 2.05) is 32.6 Å². The van der Waals surface area contributed by atoms with E-state index in [-0.39, 0.29) is 29.7 Å². The van der Waals surface area contributed by atoms with Crippen molar-refractivity contribution >= 4 is 11.7 Å². The maximum absolute atomic E-state index is 12.2. The molecule has 0 aromatic carbocycles. The molecule has 0 aliphatic carbocycles. The lowest BCUT2D eigenvalue weighted by molar-refractivity contribution is -0.131. The SMILES string of the molecule is CC1CCN(C(=O)CC[C@H](NC(C)C)C(=O)C(C)C)C1. The Kier molecular flexibility index (Phi) is 6.66. The zero-order valence-corrected chi connectivity index (χ0v) is 13.6. The molecule has 1 unspecified atom stereocenters. The number of ketones is 1. The largest absolute Gasteiger partial charge is 0.342 e. The van der Waals surface area contributed by atoms with Crippen LogP contribution in [0.5, 0.6) is 0 Å². The molecule has 4 nitrogen and oxygen atoms in total. The molecule has 0 bridgehead atoms. The summed E-state index contributed by atoms with van der Waals surface area (Å²) >= 11 is 0. The molecule has 1 aliphatic rings.